The van der Waals surface area contributed by atoms with Crippen LogP contribution in [0.25, 0.3) is 0 Å². The molecule has 0 N–H and O–H groups in total. The van der Waals surface area contributed by atoms with Gasteiger partial charge in [-0.3, -0.25) is 14.2 Å². The summed E-state index contributed by atoms with van der Waals surface area (Å²) in [5.41, 5.74) is -4.10. The Hall–Kier alpha value is -0.650. The van der Waals surface area contributed by atoms with Gasteiger partial charge in [-0.15, -0.1) is 0 Å². The molecule has 0 heterocycles. The van der Waals surface area contributed by atoms with Crippen LogP contribution in [-0.2, 0) is 23.2 Å². The van der Waals surface area contributed by atoms with Crippen LogP contribution in [0.5, 0.6) is 0 Å². The minimum absolute atomic E-state index is 0.0591. The van der Waals surface area contributed by atoms with Gasteiger partial charge in [0.1, 0.15) is 13.2 Å². The molecular weight excluding hydrogens is 341 g/mol. The third-order valence-electron chi connectivity index (χ3n) is 3.80. The molecule has 2 atom stereocenters. The van der Waals surface area contributed by atoms with Crippen molar-refractivity contribution >= 4 is 19.8 Å². The number of carbonyl (C=O) groups excluding carboxylic acids is 2. The number of hydrogen-bond acceptors (Lipinski definition) is 5. The van der Waals surface area contributed by atoms with Gasteiger partial charge < -0.3 is 9.05 Å². The lowest BCUT2D eigenvalue weighted by Gasteiger charge is -2.19. The Morgan fingerprint density at radius 3 is 1.50 bits per heavy atom. The summed E-state index contributed by atoms with van der Waals surface area (Å²) in [4.78, 5) is 23.4. The summed E-state index contributed by atoms with van der Waals surface area (Å²) in [5.74, 6) is -1.66. The fraction of sp³-hybridized carbons (Fsp3) is 0.875. The Kier molecular flexibility index (Phi) is 10.8. The van der Waals surface area contributed by atoms with Gasteiger partial charge in [-0.05, 0) is 26.7 Å². The third-order valence-corrected chi connectivity index (χ3v) is 4.56. The average molecular weight is 370 g/mol. The predicted molar refractivity (Wildman–Crippen MR) is 89.0 cm³/mol. The van der Waals surface area contributed by atoms with Crippen LogP contribution in [0.2, 0.25) is 0 Å². The first kappa shape index (κ1) is 23.4. The zero-order valence-electron chi connectivity index (χ0n) is 15.0. The van der Waals surface area contributed by atoms with Gasteiger partial charge in [0.05, 0.1) is 0 Å². The van der Waals surface area contributed by atoms with Crippen LogP contribution in [0, 0.1) is 0 Å². The second kappa shape index (κ2) is 11.1. The maximum Gasteiger partial charge on any atom is 0.319 e. The van der Waals surface area contributed by atoms with Crippen LogP contribution in [-0.4, -0.2) is 36.1 Å². The molecule has 142 valence electrons. The summed E-state index contributed by atoms with van der Waals surface area (Å²) in [7, 11) is -3.16. The van der Waals surface area contributed by atoms with E-state index in [2.05, 4.69) is 9.05 Å². The van der Waals surface area contributed by atoms with Gasteiger partial charge in [0.15, 0.2) is 22.9 Å². The molecule has 0 aliphatic rings. The standard InChI is InChI=1S/C16H29F2O5P/c1-5-7-9-15(3,17)13(19)11-22-24(21)23-12-14(20)16(4,18)10-8-6-2/h24H,5-12H2,1-4H3. The van der Waals surface area contributed by atoms with E-state index >= 15 is 0 Å². The molecular formula is C16H29F2O5P. The molecule has 0 aliphatic carbocycles. The van der Waals surface area contributed by atoms with Crippen molar-refractivity contribution in [3.8, 4) is 0 Å². The van der Waals surface area contributed by atoms with Crippen molar-refractivity contribution in [1.82, 2.24) is 0 Å². The first-order valence-corrected chi connectivity index (χ1v) is 9.53. The third kappa shape index (κ3) is 9.00. The molecule has 0 bridgehead atoms. The van der Waals surface area contributed by atoms with E-state index in [-0.39, 0.29) is 12.8 Å². The van der Waals surface area contributed by atoms with Crippen LogP contribution in [0.15, 0.2) is 0 Å². The van der Waals surface area contributed by atoms with E-state index in [1.807, 2.05) is 13.8 Å². The molecule has 5 nitrogen and oxygen atoms in total. The second-order valence-electron chi connectivity index (χ2n) is 6.28. The zero-order valence-corrected chi connectivity index (χ0v) is 16.0. The number of alkyl halides is 2. The van der Waals surface area contributed by atoms with E-state index in [0.29, 0.717) is 12.8 Å². The Morgan fingerprint density at radius 1 is 0.875 bits per heavy atom. The van der Waals surface area contributed by atoms with Crippen molar-refractivity contribution in [3.63, 3.8) is 0 Å². The molecule has 0 spiro atoms. The van der Waals surface area contributed by atoms with Crippen LogP contribution >= 0.6 is 8.25 Å². The average Bonchev–Trinajstić information content (AvgIpc) is 2.53. The van der Waals surface area contributed by atoms with Crippen molar-refractivity contribution in [3.05, 3.63) is 0 Å². The lowest BCUT2D eigenvalue weighted by Crippen LogP contribution is -2.33. The minimum Gasteiger partial charge on any atom is -0.303 e. The molecule has 0 amide bonds. The SMILES string of the molecule is CCCCC(C)(F)C(=O)CO[PH](=O)OCC(=O)C(C)(F)CCCC. The molecule has 0 aromatic rings. The van der Waals surface area contributed by atoms with Crippen molar-refractivity contribution < 1.29 is 32.0 Å². The summed E-state index contributed by atoms with van der Waals surface area (Å²) in [6.45, 7) is 4.65. The lowest BCUT2D eigenvalue weighted by molar-refractivity contribution is -0.133. The smallest absolute Gasteiger partial charge is 0.303 e. The maximum absolute atomic E-state index is 14.0. The molecule has 8 heteroatoms. The van der Waals surface area contributed by atoms with Crippen molar-refractivity contribution in [1.29, 1.82) is 0 Å². The maximum atomic E-state index is 14.0. The lowest BCUT2D eigenvalue weighted by atomic mass is 9.97. The largest absolute Gasteiger partial charge is 0.319 e. The molecule has 0 aliphatic heterocycles. The van der Waals surface area contributed by atoms with E-state index in [4.69, 9.17) is 0 Å². The number of halogens is 2. The molecule has 2 unspecified atom stereocenters. The number of hydrogen-bond donors (Lipinski definition) is 0. The Bertz CT molecular complexity index is 400. The molecule has 0 fully saturated rings. The Morgan fingerprint density at radius 2 is 1.21 bits per heavy atom. The van der Waals surface area contributed by atoms with Crippen LogP contribution in [0.3, 0.4) is 0 Å². The summed E-state index contributed by atoms with van der Waals surface area (Å²) < 4.78 is 49.0. The number of ketones is 2. The zero-order chi connectivity index (χ0) is 18.8. The van der Waals surface area contributed by atoms with Gasteiger partial charge in [-0.2, -0.15) is 0 Å². The minimum atomic E-state index is -3.16. The number of rotatable bonds is 14. The number of Topliss-reactive ketones (excluding diaryl/α,β-unsaturated/α-hetero) is 2. The molecule has 0 aromatic heterocycles. The molecule has 0 saturated carbocycles. The Balaban J connectivity index is 4.23. The molecule has 0 aromatic carbocycles. The molecule has 0 rings (SSSR count). The first-order valence-electron chi connectivity index (χ1n) is 8.30. The summed E-state index contributed by atoms with van der Waals surface area (Å²) in [6, 6.07) is 0. The normalized spacial score (nSPS) is 17.8. The van der Waals surface area contributed by atoms with E-state index in [0.717, 1.165) is 26.7 Å². The summed E-state index contributed by atoms with van der Waals surface area (Å²) in [6.07, 6.45) is 2.70. The van der Waals surface area contributed by atoms with Gasteiger partial charge in [0, 0.05) is 0 Å². The van der Waals surface area contributed by atoms with Gasteiger partial charge >= 0.3 is 8.25 Å². The van der Waals surface area contributed by atoms with Gasteiger partial charge in [0.2, 0.25) is 0 Å². The topological polar surface area (TPSA) is 69.7 Å². The molecule has 24 heavy (non-hydrogen) atoms. The Labute approximate surface area is 143 Å². The highest BCUT2D eigenvalue weighted by Crippen LogP contribution is 2.28. The fourth-order valence-corrected chi connectivity index (χ4v) is 2.47. The van der Waals surface area contributed by atoms with Gasteiger partial charge in [-0.1, -0.05) is 39.5 Å². The van der Waals surface area contributed by atoms with Crippen LogP contribution in [0.4, 0.5) is 8.78 Å². The highest BCUT2D eigenvalue weighted by atomic mass is 31.1. The van der Waals surface area contributed by atoms with Crippen LogP contribution < -0.4 is 0 Å². The first-order chi connectivity index (χ1) is 11.1. The quantitative estimate of drug-likeness (QED) is 0.424. The van der Waals surface area contributed by atoms with Crippen molar-refractivity contribution in [2.45, 2.75) is 77.6 Å². The van der Waals surface area contributed by atoms with Crippen molar-refractivity contribution in [2.75, 3.05) is 13.2 Å². The van der Waals surface area contributed by atoms with E-state index in [9.17, 15) is 22.9 Å². The van der Waals surface area contributed by atoms with Gasteiger partial charge in [-0.25, -0.2) is 8.78 Å². The fourth-order valence-electron chi connectivity index (χ4n) is 1.89. The van der Waals surface area contributed by atoms with E-state index < -0.39 is 44.4 Å². The van der Waals surface area contributed by atoms with Gasteiger partial charge in [0.25, 0.3) is 0 Å². The highest BCUT2D eigenvalue weighted by Gasteiger charge is 2.33. The highest BCUT2D eigenvalue weighted by molar-refractivity contribution is 7.33. The predicted octanol–water partition coefficient (Wildman–Crippen LogP) is 4.38. The molecule has 0 saturated heterocycles. The van der Waals surface area contributed by atoms with E-state index in [1.165, 1.54) is 0 Å². The summed E-state index contributed by atoms with van der Waals surface area (Å²) in [5, 5.41) is 0. The van der Waals surface area contributed by atoms with Crippen LogP contribution in [0.1, 0.15) is 66.2 Å². The molecule has 0 radical (unpaired) electrons. The van der Waals surface area contributed by atoms with Crippen molar-refractivity contribution in [2.24, 2.45) is 0 Å². The van der Waals surface area contributed by atoms with E-state index in [1.54, 1.807) is 0 Å². The second-order valence-corrected chi connectivity index (χ2v) is 7.35. The monoisotopic (exact) mass is 370 g/mol. The summed E-state index contributed by atoms with van der Waals surface area (Å²) >= 11 is 0. The number of carbonyl (C=O) groups is 2. The number of unbranched alkanes of at least 4 members (excludes halogenated alkanes) is 2.